The average molecular weight is 375 g/mol. The van der Waals surface area contributed by atoms with E-state index in [1.54, 1.807) is 36.4 Å². The molecule has 2 aromatic carbocycles. The largest absolute Gasteiger partial charge is 0.349 e. The molecule has 0 aliphatic heterocycles. The van der Waals surface area contributed by atoms with Crippen LogP contribution in [0, 0.1) is 5.82 Å². The van der Waals surface area contributed by atoms with Crippen molar-refractivity contribution in [2.24, 2.45) is 0 Å². The molecule has 2 N–H and O–H groups in total. The molecule has 26 heavy (non-hydrogen) atoms. The first-order valence-corrected chi connectivity index (χ1v) is 9.02. The van der Waals surface area contributed by atoms with Crippen LogP contribution in [0.15, 0.2) is 48.5 Å². The minimum absolute atomic E-state index is 0.0394. The molecular formula is C20H20ClFN2O2. The van der Waals surface area contributed by atoms with Gasteiger partial charge in [-0.25, -0.2) is 4.39 Å². The highest BCUT2D eigenvalue weighted by molar-refractivity contribution is 6.30. The van der Waals surface area contributed by atoms with Gasteiger partial charge in [-0.05, 0) is 56.0 Å². The van der Waals surface area contributed by atoms with Gasteiger partial charge in [0.2, 0.25) is 0 Å². The molecule has 0 bridgehead atoms. The van der Waals surface area contributed by atoms with Crippen molar-refractivity contribution >= 4 is 23.4 Å². The fourth-order valence-electron chi connectivity index (χ4n) is 3.26. The molecule has 6 heteroatoms. The molecule has 3 rings (SSSR count). The maximum Gasteiger partial charge on any atom is 0.254 e. The maximum atomic E-state index is 13.7. The number of hydrogen-bond donors (Lipinski definition) is 2. The summed E-state index contributed by atoms with van der Waals surface area (Å²) >= 11 is 5.93. The molecule has 2 atom stereocenters. The molecule has 0 heterocycles. The first kappa shape index (κ1) is 18.4. The van der Waals surface area contributed by atoms with E-state index >= 15 is 0 Å². The van der Waals surface area contributed by atoms with Gasteiger partial charge >= 0.3 is 0 Å². The third-order valence-corrected chi connectivity index (χ3v) is 4.79. The van der Waals surface area contributed by atoms with E-state index in [1.165, 1.54) is 12.1 Å². The van der Waals surface area contributed by atoms with Gasteiger partial charge < -0.3 is 10.6 Å². The van der Waals surface area contributed by atoms with Crippen molar-refractivity contribution < 1.29 is 14.0 Å². The van der Waals surface area contributed by atoms with Crippen molar-refractivity contribution in [1.29, 1.82) is 0 Å². The highest BCUT2D eigenvalue weighted by Gasteiger charge is 2.25. The first-order valence-electron chi connectivity index (χ1n) is 8.65. The van der Waals surface area contributed by atoms with Gasteiger partial charge in [-0.1, -0.05) is 29.8 Å². The molecule has 1 aliphatic rings. The summed E-state index contributed by atoms with van der Waals surface area (Å²) in [5.41, 5.74) is 0.549. The third kappa shape index (κ3) is 4.61. The number of halogens is 2. The van der Waals surface area contributed by atoms with Crippen molar-refractivity contribution in [2.45, 2.75) is 37.8 Å². The Bertz CT molecular complexity index is 812. The summed E-state index contributed by atoms with van der Waals surface area (Å²) < 4.78 is 13.7. The van der Waals surface area contributed by atoms with Gasteiger partial charge in [0.1, 0.15) is 5.82 Å². The molecule has 4 nitrogen and oxygen atoms in total. The topological polar surface area (TPSA) is 58.2 Å². The van der Waals surface area contributed by atoms with Crippen LogP contribution in [-0.4, -0.2) is 23.9 Å². The van der Waals surface area contributed by atoms with Crippen molar-refractivity contribution in [1.82, 2.24) is 10.6 Å². The van der Waals surface area contributed by atoms with Gasteiger partial charge in [0, 0.05) is 22.7 Å². The zero-order valence-electron chi connectivity index (χ0n) is 14.2. The molecule has 0 saturated heterocycles. The fraction of sp³-hybridized carbons (Fsp3) is 0.300. The number of benzene rings is 2. The van der Waals surface area contributed by atoms with Crippen LogP contribution in [0.1, 0.15) is 46.4 Å². The summed E-state index contributed by atoms with van der Waals surface area (Å²) in [4.78, 5) is 24.6. The Balaban J connectivity index is 1.58. The molecule has 1 saturated carbocycles. The Morgan fingerprint density at radius 3 is 2.35 bits per heavy atom. The predicted octanol–water partition coefficient (Wildman–Crippen LogP) is 3.95. The normalized spacial score (nSPS) is 19.6. The SMILES string of the molecule is O=C(N[C@H]1CCC[C@H](NC(=O)c2ccccc2F)C1)c1cccc(Cl)c1. The van der Waals surface area contributed by atoms with E-state index in [0.717, 1.165) is 19.3 Å². The number of carbonyl (C=O) groups is 2. The average Bonchev–Trinajstić information content (AvgIpc) is 2.62. The van der Waals surface area contributed by atoms with E-state index in [-0.39, 0.29) is 23.6 Å². The van der Waals surface area contributed by atoms with E-state index in [1.807, 2.05) is 0 Å². The van der Waals surface area contributed by atoms with Crippen LogP contribution in [0.2, 0.25) is 5.02 Å². The number of hydrogen-bond acceptors (Lipinski definition) is 2. The second kappa shape index (κ2) is 8.32. The second-order valence-electron chi connectivity index (χ2n) is 6.50. The summed E-state index contributed by atoms with van der Waals surface area (Å²) in [6.07, 6.45) is 3.15. The van der Waals surface area contributed by atoms with Gasteiger partial charge in [0.25, 0.3) is 11.8 Å². The maximum absolute atomic E-state index is 13.7. The monoisotopic (exact) mass is 374 g/mol. The van der Waals surface area contributed by atoms with Gasteiger partial charge in [-0.2, -0.15) is 0 Å². The minimum Gasteiger partial charge on any atom is -0.349 e. The highest BCUT2D eigenvalue weighted by atomic mass is 35.5. The van der Waals surface area contributed by atoms with E-state index < -0.39 is 11.7 Å². The van der Waals surface area contributed by atoms with Crippen molar-refractivity contribution in [3.05, 3.63) is 70.5 Å². The number of amides is 2. The molecule has 0 radical (unpaired) electrons. The zero-order chi connectivity index (χ0) is 18.5. The molecule has 2 aromatic rings. The van der Waals surface area contributed by atoms with Gasteiger partial charge in [-0.3, -0.25) is 9.59 Å². The zero-order valence-corrected chi connectivity index (χ0v) is 14.9. The van der Waals surface area contributed by atoms with Crippen LogP contribution in [0.4, 0.5) is 4.39 Å². The van der Waals surface area contributed by atoms with Crippen molar-refractivity contribution in [3.63, 3.8) is 0 Å². The van der Waals surface area contributed by atoms with E-state index in [2.05, 4.69) is 10.6 Å². The number of rotatable bonds is 4. The Kier molecular flexibility index (Phi) is 5.89. The standard InChI is InChI=1S/C20H20ClFN2O2/c21-14-6-3-5-13(11-14)19(25)23-15-7-4-8-16(12-15)24-20(26)17-9-1-2-10-18(17)22/h1-3,5-6,9-11,15-16H,4,7-8,12H2,(H,23,25)(H,24,26)/t15-,16-/m0/s1. The van der Waals surface area contributed by atoms with Gasteiger partial charge in [0.15, 0.2) is 0 Å². The fourth-order valence-corrected chi connectivity index (χ4v) is 3.45. The van der Waals surface area contributed by atoms with E-state index in [9.17, 15) is 14.0 Å². The minimum atomic E-state index is -0.536. The Morgan fingerprint density at radius 1 is 0.962 bits per heavy atom. The molecular weight excluding hydrogens is 355 g/mol. The first-order chi connectivity index (χ1) is 12.5. The third-order valence-electron chi connectivity index (χ3n) is 4.55. The summed E-state index contributed by atoms with van der Waals surface area (Å²) in [6.45, 7) is 0. The van der Waals surface area contributed by atoms with Crippen LogP contribution in [0.5, 0.6) is 0 Å². The lowest BCUT2D eigenvalue weighted by Crippen LogP contribution is -2.45. The van der Waals surface area contributed by atoms with Crippen LogP contribution in [0.3, 0.4) is 0 Å². The Hall–Kier alpha value is -2.40. The van der Waals surface area contributed by atoms with Gasteiger partial charge in [0.05, 0.1) is 5.56 Å². The van der Waals surface area contributed by atoms with Crippen molar-refractivity contribution in [2.75, 3.05) is 0 Å². The molecule has 0 unspecified atom stereocenters. The van der Waals surface area contributed by atoms with E-state index in [4.69, 9.17) is 11.6 Å². The molecule has 1 fully saturated rings. The lowest BCUT2D eigenvalue weighted by molar-refractivity contribution is 0.0901. The predicted molar refractivity (Wildman–Crippen MR) is 98.8 cm³/mol. The molecule has 0 aromatic heterocycles. The lowest BCUT2D eigenvalue weighted by Gasteiger charge is -2.30. The Labute approximate surface area is 156 Å². The van der Waals surface area contributed by atoms with Gasteiger partial charge in [-0.15, -0.1) is 0 Å². The summed E-state index contributed by atoms with van der Waals surface area (Å²) in [5, 5.41) is 6.38. The van der Waals surface area contributed by atoms with Crippen LogP contribution in [-0.2, 0) is 0 Å². The molecule has 2 amide bonds. The summed E-state index contributed by atoms with van der Waals surface area (Å²) in [5.74, 6) is -1.14. The Morgan fingerprint density at radius 2 is 1.65 bits per heavy atom. The summed E-state index contributed by atoms with van der Waals surface area (Å²) in [7, 11) is 0. The number of nitrogens with one attached hydrogen (secondary N) is 2. The van der Waals surface area contributed by atoms with Crippen LogP contribution >= 0.6 is 11.6 Å². The smallest absolute Gasteiger partial charge is 0.254 e. The molecule has 136 valence electrons. The lowest BCUT2D eigenvalue weighted by atomic mass is 9.90. The van der Waals surface area contributed by atoms with Crippen molar-refractivity contribution in [3.8, 4) is 0 Å². The quantitative estimate of drug-likeness (QED) is 0.851. The summed E-state index contributed by atoms with van der Waals surface area (Å²) in [6, 6.07) is 12.6. The molecule has 1 aliphatic carbocycles. The van der Waals surface area contributed by atoms with Crippen LogP contribution in [0.25, 0.3) is 0 Å². The highest BCUT2D eigenvalue weighted by Crippen LogP contribution is 2.20. The second-order valence-corrected chi connectivity index (χ2v) is 6.93. The van der Waals surface area contributed by atoms with E-state index in [0.29, 0.717) is 17.0 Å². The number of carbonyl (C=O) groups excluding carboxylic acids is 2. The van der Waals surface area contributed by atoms with Crippen LogP contribution < -0.4 is 10.6 Å². The molecule has 0 spiro atoms.